The Morgan fingerprint density at radius 2 is 1.86 bits per heavy atom. The van der Waals surface area contributed by atoms with Crippen LogP contribution in [0.2, 0.25) is 0 Å². The van der Waals surface area contributed by atoms with Gasteiger partial charge in [0.05, 0.1) is 0 Å². The fourth-order valence-corrected chi connectivity index (χ4v) is 0.385. The van der Waals surface area contributed by atoms with Crippen molar-refractivity contribution < 1.29 is 2.85 Å². The van der Waals surface area contributed by atoms with Gasteiger partial charge in [-0.1, -0.05) is 26.0 Å². The van der Waals surface area contributed by atoms with E-state index in [9.17, 15) is 0 Å². The molecule has 7 heavy (non-hydrogen) atoms. The molecule has 0 aromatic heterocycles. The Morgan fingerprint density at radius 3 is 1.86 bits per heavy atom. The average Bonchev–Trinajstić information content (AvgIpc) is 1.35. The molecule has 0 aliphatic heterocycles. The summed E-state index contributed by atoms with van der Waals surface area (Å²) < 4.78 is 0. The maximum absolute atomic E-state index is 2.17. The van der Waals surface area contributed by atoms with Crippen LogP contribution in [0.15, 0.2) is 12.2 Å². The predicted molar refractivity (Wildman–Crippen MR) is 37.6 cm³/mol. The Bertz CT molecular complexity index is 53.0. The summed E-state index contributed by atoms with van der Waals surface area (Å²) >= 11 is 0. The maximum atomic E-state index is 2.17. The molecule has 0 nitrogen and oxygen atoms in total. The van der Waals surface area contributed by atoms with E-state index in [0.717, 1.165) is 5.92 Å². The molecule has 0 fully saturated rings. The molecule has 0 N–H and O–H groups in total. The van der Waals surface area contributed by atoms with E-state index in [0.29, 0.717) is 0 Å². The average molecular weight is 110 g/mol. The first-order chi connectivity index (χ1) is 2.77. The first kappa shape index (κ1) is 10.5. The molecule has 0 aliphatic rings. The fourth-order valence-electron chi connectivity index (χ4n) is 0.385. The van der Waals surface area contributed by atoms with Crippen molar-refractivity contribution in [2.45, 2.75) is 20.8 Å². The zero-order valence-corrected chi connectivity index (χ0v) is 6.85. The van der Waals surface area contributed by atoms with Crippen LogP contribution in [0.1, 0.15) is 23.6 Å². The number of rotatable bonds is 1. The summed E-state index contributed by atoms with van der Waals surface area (Å²) in [6.45, 7) is 6.38. The summed E-state index contributed by atoms with van der Waals surface area (Å²) in [6, 6.07) is 0. The molecule has 0 amide bonds. The van der Waals surface area contributed by atoms with E-state index >= 15 is 0 Å². The fraction of sp³-hybridized carbons (Fsp3) is 0.667. The van der Waals surface area contributed by atoms with E-state index < -0.39 is 0 Å². The van der Waals surface area contributed by atoms with Crippen molar-refractivity contribution in [3.8, 4) is 0 Å². The molecule has 0 bridgehead atoms. The molecule has 0 aromatic rings. The number of hydrogen-bond donors (Lipinski definition) is 0. The van der Waals surface area contributed by atoms with Crippen LogP contribution in [-0.2, 0) is 0 Å². The second-order valence-electron chi connectivity index (χ2n) is 1.77. The molecule has 40 valence electrons. The summed E-state index contributed by atoms with van der Waals surface area (Å²) in [4.78, 5) is 0. The summed E-state index contributed by atoms with van der Waals surface area (Å²) in [7, 11) is 0. The molecular formula is C6H14Mg. The molecule has 0 heterocycles. The summed E-state index contributed by atoms with van der Waals surface area (Å²) in [5.74, 6) is 0.718. The van der Waals surface area contributed by atoms with Crippen LogP contribution in [-0.4, -0.2) is 23.1 Å². The van der Waals surface area contributed by atoms with Crippen LogP contribution in [0.3, 0.4) is 0 Å². The Balaban J connectivity index is -0.0000000417. The monoisotopic (exact) mass is 110 g/mol. The number of allylic oxidation sites excluding steroid dienone is 2. The summed E-state index contributed by atoms with van der Waals surface area (Å²) in [6.07, 6.45) is 4.24. The Labute approximate surface area is 65.1 Å². The van der Waals surface area contributed by atoms with E-state index in [1.54, 1.807) is 0 Å². The SMILES string of the molecule is CC=CC(C)C.[H-].[H-].[Mg+2]. The zero-order valence-electron chi connectivity index (χ0n) is 7.44. The molecule has 0 unspecified atom stereocenters. The Morgan fingerprint density at radius 1 is 1.43 bits per heavy atom. The third-order valence-corrected chi connectivity index (χ3v) is 0.577. The van der Waals surface area contributed by atoms with Crippen LogP contribution in [0.4, 0.5) is 0 Å². The van der Waals surface area contributed by atoms with Crippen molar-refractivity contribution in [3.63, 3.8) is 0 Å². The maximum Gasteiger partial charge on any atom is 2.00 e. The van der Waals surface area contributed by atoms with Gasteiger partial charge in [-0.25, -0.2) is 0 Å². The van der Waals surface area contributed by atoms with Crippen LogP contribution >= 0.6 is 0 Å². The molecule has 1 heteroatoms. The molecule has 0 rings (SSSR count). The van der Waals surface area contributed by atoms with Gasteiger partial charge in [-0.15, -0.1) is 0 Å². The van der Waals surface area contributed by atoms with Crippen molar-refractivity contribution in [2.75, 3.05) is 0 Å². The zero-order chi connectivity index (χ0) is 4.99. The van der Waals surface area contributed by atoms with Gasteiger partial charge in [0.25, 0.3) is 0 Å². The summed E-state index contributed by atoms with van der Waals surface area (Å²) in [5.41, 5.74) is 0. The molecular weight excluding hydrogens is 96.4 g/mol. The van der Waals surface area contributed by atoms with Gasteiger partial charge in [0.1, 0.15) is 0 Å². The second-order valence-corrected chi connectivity index (χ2v) is 1.77. The van der Waals surface area contributed by atoms with Crippen molar-refractivity contribution in [1.82, 2.24) is 0 Å². The first-order valence-corrected chi connectivity index (χ1v) is 2.40. The van der Waals surface area contributed by atoms with Crippen molar-refractivity contribution in [2.24, 2.45) is 5.92 Å². The normalized spacial score (nSPS) is 9.71. The third-order valence-electron chi connectivity index (χ3n) is 0.577. The van der Waals surface area contributed by atoms with Crippen molar-refractivity contribution in [3.05, 3.63) is 12.2 Å². The molecule has 0 atom stereocenters. The van der Waals surface area contributed by atoms with E-state index in [4.69, 9.17) is 0 Å². The van der Waals surface area contributed by atoms with Crippen LogP contribution < -0.4 is 0 Å². The molecule has 0 spiro atoms. The number of hydrogen-bond acceptors (Lipinski definition) is 0. The van der Waals surface area contributed by atoms with Gasteiger partial charge in [0.2, 0.25) is 0 Å². The van der Waals surface area contributed by atoms with Crippen molar-refractivity contribution in [1.29, 1.82) is 0 Å². The third kappa shape index (κ3) is 10.7. The Kier molecular flexibility index (Phi) is 9.74. The first-order valence-electron chi connectivity index (χ1n) is 2.40. The second kappa shape index (κ2) is 6.51. The van der Waals surface area contributed by atoms with Gasteiger partial charge < -0.3 is 2.85 Å². The van der Waals surface area contributed by atoms with Crippen LogP contribution in [0.5, 0.6) is 0 Å². The van der Waals surface area contributed by atoms with Gasteiger partial charge in [-0.2, -0.15) is 0 Å². The molecule has 0 saturated heterocycles. The van der Waals surface area contributed by atoms with E-state index in [-0.39, 0.29) is 25.9 Å². The van der Waals surface area contributed by atoms with Gasteiger partial charge in [0.15, 0.2) is 0 Å². The van der Waals surface area contributed by atoms with Gasteiger partial charge in [-0.3, -0.25) is 0 Å². The largest absolute Gasteiger partial charge is 2.00 e. The standard InChI is InChI=1S/C6H12.Mg.2H/c1-4-5-6(2)3;;;/h4-6H,1-3H3;;;/q;+2;2*-1. The molecule has 0 saturated carbocycles. The topological polar surface area (TPSA) is 0 Å². The quantitative estimate of drug-likeness (QED) is 0.358. The predicted octanol–water partition coefficient (Wildman–Crippen LogP) is 2.06. The van der Waals surface area contributed by atoms with E-state index in [2.05, 4.69) is 26.0 Å². The van der Waals surface area contributed by atoms with E-state index in [1.807, 2.05) is 6.92 Å². The van der Waals surface area contributed by atoms with Crippen molar-refractivity contribution >= 4 is 23.1 Å². The minimum absolute atomic E-state index is 0. The van der Waals surface area contributed by atoms with Crippen LogP contribution in [0, 0.1) is 5.92 Å². The Hall–Kier alpha value is 0.506. The van der Waals surface area contributed by atoms with Gasteiger partial charge in [-0.05, 0) is 12.8 Å². The van der Waals surface area contributed by atoms with Crippen LogP contribution in [0.25, 0.3) is 0 Å². The molecule has 0 radical (unpaired) electrons. The molecule has 0 aliphatic carbocycles. The minimum Gasteiger partial charge on any atom is -1.00 e. The van der Waals surface area contributed by atoms with Gasteiger partial charge in [0, 0.05) is 0 Å². The van der Waals surface area contributed by atoms with Gasteiger partial charge >= 0.3 is 23.1 Å². The smallest absolute Gasteiger partial charge is 1.00 e. The molecule has 0 aromatic carbocycles. The minimum atomic E-state index is 0. The summed E-state index contributed by atoms with van der Waals surface area (Å²) in [5, 5.41) is 0. The van der Waals surface area contributed by atoms with E-state index in [1.165, 1.54) is 0 Å².